The van der Waals surface area contributed by atoms with Crippen molar-refractivity contribution in [1.82, 2.24) is 0 Å². The molecule has 1 nitrogen and oxygen atoms in total. The van der Waals surface area contributed by atoms with Crippen molar-refractivity contribution in [2.24, 2.45) is 0 Å². The molecule has 0 unspecified atom stereocenters. The third kappa shape index (κ3) is 2.31. The van der Waals surface area contributed by atoms with Crippen LogP contribution in [0, 0.1) is 0 Å². The molecule has 0 fully saturated rings. The van der Waals surface area contributed by atoms with Crippen molar-refractivity contribution in [2.45, 2.75) is 0 Å². The van der Waals surface area contributed by atoms with Crippen LogP contribution in [0.4, 0.5) is 5.69 Å². The Morgan fingerprint density at radius 2 is 1.60 bits per heavy atom. The molecule has 0 heterocycles. The van der Waals surface area contributed by atoms with Crippen LogP contribution in [0.3, 0.4) is 0 Å². The monoisotopic (exact) mass is 217 g/mol. The highest BCUT2D eigenvalue weighted by Gasteiger charge is 1.98. The van der Waals surface area contributed by atoms with E-state index in [0.717, 1.165) is 16.3 Å². The van der Waals surface area contributed by atoms with Crippen molar-refractivity contribution < 1.29 is 0 Å². The second-order valence-electron chi connectivity index (χ2n) is 3.34. The Morgan fingerprint density at radius 3 is 2.27 bits per heavy atom. The van der Waals surface area contributed by atoms with Gasteiger partial charge in [-0.3, -0.25) is 0 Å². The molecule has 0 atom stereocenters. The molecule has 0 spiro atoms. The Balaban J connectivity index is 2.44. The molecule has 2 aromatic rings. The lowest BCUT2D eigenvalue weighted by Gasteiger charge is -2.05. The fourth-order valence-electron chi connectivity index (χ4n) is 1.52. The van der Waals surface area contributed by atoms with Gasteiger partial charge in [-0.05, 0) is 35.4 Å². The summed E-state index contributed by atoms with van der Waals surface area (Å²) in [5.74, 6) is 0. The minimum Gasteiger partial charge on any atom is -0.388 e. The van der Waals surface area contributed by atoms with E-state index in [9.17, 15) is 0 Å². The molecular formula is C13H12ClN. The minimum absolute atomic E-state index is 0.766. The Morgan fingerprint density at radius 1 is 0.933 bits per heavy atom. The summed E-state index contributed by atoms with van der Waals surface area (Å²) in [7, 11) is 1.91. The van der Waals surface area contributed by atoms with E-state index in [1.165, 1.54) is 5.56 Å². The zero-order chi connectivity index (χ0) is 10.7. The molecule has 0 aliphatic rings. The van der Waals surface area contributed by atoms with Crippen LogP contribution in [-0.2, 0) is 0 Å². The average molecular weight is 218 g/mol. The molecule has 0 saturated heterocycles. The molecule has 0 saturated carbocycles. The largest absolute Gasteiger partial charge is 0.388 e. The molecule has 2 heteroatoms. The fraction of sp³-hybridized carbons (Fsp3) is 0.0769. The molecule has 0 aliphatic heterocycles. The van der Waals surface area contributed by atoms with Crippen LogP contribution in [-0.4, -0.2) is 7.05 Å². The quantitative estimate of drug-likeness (QED) is 0.801. The lowest BCUT2D eigenvalue weighted by Crippen LogP contribution is -1.87. The highest BCUT2D eigenvalue weighted by Crippen LogP contribution is 2.24. The van der Waals surface area contributed by atoms with E-state index < -0.39 is 0 Å². The van der Waals surface area contributed by atoms with Gasteiger partial charge in [-0.2, -0.15) is 0 Å². The first-order chi connectivity index (χ1) is 7.29. The maximum absolute atomic E-state index is 5.95. The summed E-state index contributed by atoms with van der Waals surface area (Å²) < 4.78 is 0. The van der Waals surface area contributed by atoms with Crippen molar-refractivity contribution in [3.8, 4) is 11.1 Å². The van der Waals surface area contributed by atoms with E-state index in [4.69, 9.17) is 11.6 Å². The third-order valence-corrected chi connectivity index (χ3v) is 2.54. The summed E-state index contributed by atoms with van der Waals surface area (Å²) in [6, 6.07) is 16.1. The number of hydrogen-bond acceptors (Lipinski definition) is 1. The summed E-state index contributed by atoms with van der Waals surface area (Å²) in [4.78, 5) is 0. The third-order valence-electron chi connectivity index (χ3n) is 2.31. The molecule has 0 bridgehead atoms. The molecule has 0 radical (unpaired) electrons. The number of benzene rings is 2. The maximum atomic E-state index is 5.95. The summed E-state index contributed by atoms with van der Waals surface area (Å²) >= 11 is 5.95. The van der Waals surface area contributed by atoms with Crippen LogP contribution in [0.2, 0.25) is 5.02 Å². The van der Waals surface area contributed by atoms with Crippen molar-refractivity contribution in [3.63, 3.8) is 0 Å². The zero-order valence-electron chi connectivity index (χ0n) is 8.50. The minimum atomic E-state index is 0.766. The molecule has 15 heavy (non-hydrogen) atoms. The first-order valence-electron chi connectivity index (χ1n) is 4.83. The van der Waals surface area contributed by atoms with Gasteiger partial charge >= 0.3 is 0 Å². The number of nitrogens with one attached hydrogen (secondary N) is 1. The van der Waals surface area contributed by atoms with Crippen molar-refractivity contribution in [3.05, 3.63) is 53.6 Å². The molecule has 2 rings (SSSR count). The molecule has 76 valence electrons. The van der Waals surface area contributed by atoms with Crippen LogP contribution < -0.4 is 5.32 Å². The SMILES string of the molecule is CNc1cccc(-c2cccc(Cl)c2)c1. The van der Waals surface area contributed by atoms with Gasteiger partial charge < -0.3 is 5.32 Å². The van der Waals surface area contributed by atoms with Crippen LogP contribution in [0.15, 0.2) is 48.5 Å². The van der Waals surface area contributed by atoms with Crippen molar-refractivity contribution in [1.29, 1.82) is 0 Å². The van der Waals surface area contributed by atoms with E-state index in [0.29, 0.717) is 0 Å². The number of hydrogen-bond donors (Lipinski definition) is 1. The summed E-state index contributed by atoms with van der Waals surface area (Å²) in [5.41, 5.74) is 3.41. The lowest BCUT2D eigenvalue weighted by molar-refractivity contribution is 1.51. The number of halogens is 1. The molecular weight excluding hydrogens is 206 g/mol. The summed E-state index contributed by atoms with van der Waals surface area (Å²) in [6.07, 6.45) is 0. The van der Waals surface area contributed by atoms with E-state index in [2.05, 4.69) is 23.5 Å². The zero-order valence-corrected chi connectivity index (χ0v) is 9.25. The van der Waals surface area contributed by atoms with Gasteiger partial charge in [0.25, 0.3) is 0 Å². The van der Waals surface area contributed by atoms with E-state index in [-0.39, 0.29) is 0 Å². The van der Waals surface area contributed by atoms with E-state index in [1.807, 2.05) is 37.4 Å². The number of anilines is 1. The highest BCUT2D eigenvalue weighted by atomic mass is 35.5. The Labute approximate surface area is 94.7 Å². The van der Waals surface area contributed by atoms with Gasteiger partial charge in [0, 0.05) is 17.8 Å². The Hall–Kier alpha value is -1.47. The van der Waals surface area contributed by atoms with Gasteiger partial charge in [-0.25, -0.2) is 0 Å². The molecule has 1 N–H and O–H groups in total. The van der Waals surface area contributed by atoms with Gasteiger partial charge in [-0.1, -0.05) is 35.9 Å². The van der Waals surface area contributed by atoms with Gasteiger partial charge in [0.05, 0.1) is 0 Å². The van der Waals surface area contributed by atoms with E-state index in [1.54, 1.807) is 0 Å². The smallest absolute Gasteiger partial charge is 0.0412 e. The standard InChI is InChI=1S/C13H12ClN/c1-15-13-7-3-5-11(9-13)10-4-2-6-12(14)8-10/h2-9,15H,1H3. The first kappa shape index (κ1) is 10.1. The number of rotatable bonds is 2. The van der Waals surface area contributed by atoms with Crippen LogP contribution in [0.25, 0.3) is 11.1 Å². The summed E-state index contributed by atoms with van der Waals surface area (Å²) in [6.45, 7) is 0. The molecule has 0 aromatic heterocycles. The van der Waals surface area contributed by atoms with Crippen LogP contribution in [0.1, 0.15) is 0 Å². The van der Waals surface area contributed by atoms with Crippen molar-refractivity contribution >= 4 is 17.3 Å². The Bertz CT molecular complexity index is 466. The fourth-order valence-corrected chi connectivity index (χ4v) is 1.71. The topological polar surface area (TPSA) is 12.0 Å². The molecule has 2 aromatic carbocycles. The normalized spacial score (nSPS) is 10.0. The Kier molecular flexibility index (Phi) is 2.93. The summed E-state index contributed by atoms with van der Waals surface area (Å²) in [5, 5.41) is 3.88. The van der Waals surface area contributed by atoms with E-state index >= 15 is 0 Å². The van der Waals surface area contributed by atoms with Gasteiger partial charge in [0.2, 0.25) is 0 Å². The second-order valence-corrected chi connectivity index (χ2v) is 3.78. The van der Waals surface area contributed by atoms with Crippen LogP contribution in [0.5, 0.6) is 0 Å². The van der Waals surface area contributed by atoms with Crippen molar-refractivity contribution in [2.75, 3.05) is 12.4 Å². The predicted octanol–water partition coefficient (Wildman–Crippen LogP) is 4.05. The lowest BCUT2D eigenvalue weighted by atomic mass is 10.1. The maximum Gasteiger partial charge on any atom is 0.0412 e. The molecule has 0 aliphatic carbocycles. The van der Waals surface area contributed by atoms with Crippen LogP contribution >= 0.6 is 11.6 Å². The van der Waals surface area contributed by atoms with Gasteiger partial charge in [-0.15, -0.1) is 0 Å². The highest BCUT2D eigenvalue weighted by molar-refractivity contribution is 6.30. The molecule has 0 amide bonds. The first-order valence-corrected chi connectivity index (χ1v) is 5.21. The van der Waals surface area contributed by atoms with Gasteiger partial charge in [0.15, 0.2) is 0 Å². The predicted molar refractivity (Wildman–Crippen MR) is 66.4 cm³/mol. The average Bonchev–Trinajstić information content (AvgIpc) is 2.29. The second kappa shape index (κ2) is 4.37. The van der Waals surface area contributed by atoms with Gasteiger partial charge in [0.1, 0.15) is 0 Å².